The Labute approximate surface area is 203 Å². The van der Waals surface area contributed by atoms with Crippen molar-refractivity contribution in [3.63, 3.8) is 0 Å². The van der Waals surface area contributed by atoms with E-state index in [2.05, 4.69) is 9.97 Å². The van der Waals surface area contributed by atoms with Gasteiger partial charge < -0.3 is 34.5 Å². The normalized spacial score (nSPS) is 17.2. The highest BCUT2D eigenvalue weighted by atomic mass is 35.5. The van der Waals surface area contributed by atoms with Crippen molar-refractivity contribution >= 4 is 41.0 Å². The molecule has 0 bridgehead atoms. The van der Waals surface area contributed by atoms with Crippen LogP contribution >= 0.6 is 12.4 Å². The number of piperazine rings is 1. The minimum Gasteiger partial charge on any atom is -0.493 e. The zero-order chi connectivity index (χ0) is 22.9. The number of hydrogen-bond donors (Lipinski definition) is 1. The van der Waals surface area contributed by atoms with Crippen molar-refractivity contribution in [1.82, 2.24) is 14.9 Å². The van der Waals surface area contributed by atoms with Crippen LogP contribution in [0.3, 0.4) is 0 Å². The number of nitrogens with two attached hydrogens (primary N) is 1. The first-order valence-electron chi connectivity index (χ1n) is 10.7. The molecule has 0 radical (unpaired) electrons. The van der Waals surface area contributed by atoms with Gasteiger partial charge in [0.05, 0.1) is 19.7 Å². The van der Waals surface area contributed by atoms with Crippen LogP contribution in [0.1, 0.15) is 0 Å². The Balaban J connectivity index is 0.00000274. The molecule has 3 aromatic rings. The molecule has 2 aromatic carbocycles. The largest absolute Gasteiger partial charge is 0.493 e. The van der Waals surface area contributed by atoms with Crippen LogP contribution in [0.4, 0.5) is 11.8 Å². The summed E-state index contributed by atoms with van der Waals surface area (Å²) in [5.41, 5.74) is 6.89. The van der Waals surface area contributed by atoms with Gasteiger partial charge >= 0.3 is 0 Å². The van der Waals surface area contributed by atoms with Crippen LogP contribution in [-0.2, 0) is 4.79 Å². The topological polar surface area (TPSA) is 112 Å². The number of amides is 1. The number of rotatable bonds is 4. The summed E-state index contributed by atoms with van der Waals surface area (Å²) in [6, 6.07) is 10.9. The average molecular weight is 488 g/mol. The summed E-state index contributed by atoms with van der Waals surface area (Å²) in [6.45, 7) is 2.40. The fraction of sp³-hybridized carbons (Fsp3) is 0.348. The summed E-state index contributed by atoms with van der Waals surface area (Å²) in [5, 5.41) is 0.694. The lowest BCUT2D eigenvalue weighted by molar-refractivity contribution is -0.141. The maximum absolute atomic E-state index is 13.0. The molecule has 1 fully saturated rings. The summed E-state index contributed by atoms with van der Waals surface area (Å²) in [6.07, 6.45) is -0.651. The SMILES string of the molecule is COc1cc2nc(N3CCN(C(=O)C4COc5ccccc5O4)CC3)nc(N)c2cc1OC.Cl. The van der Waals surface area contributed by atoms with Crippen molar-refractivity contribution in [1.29, 1.82) is 0 Å². The van der Waals surface area contributed by atoms with E-state index in [9.17, 15) is 4.79 Å². The third kappa shape index (κ3) is 4.28. The van der Waals surface area contributed by atoms with Crippen molar-refractivity contribution < 1.29 is 23.7 Å². The number of nitrogens with zero attached hydrogens (tertiary/aromatic N) is 4. The molecule has 10 nitrogen and oxygen atoms in total. The van der Waals surface area contributed by atoms with Crippen LogP contribution in [0.2, 0.25) is 0 Å². The molecule has 2 N–H and O–H groups in total. The van der Waals surface area contributed by atoms with E-state index >= 15 is 0 Å². The summed E-state index contributed by atoms with van der Waals surface area (Å²) < 4.78 is 22.3. The molecule has 5 rings (SSSR count). The van der Waals surface area contributed by atoms with E-state index in [1.807, 2.05) is 23.1 Å². The Morgan fingerprint density at radius 2 is 1.71 bits per heavy atom. The third-order valence-electron chi connectivity index (χ3n) is 5.88. The monoisotopic (exact) mass is 487 g/mol. The molecule has 1 amide bonds. The predicted molar refractivity (Wildman–Crippen MR) is 129 cm³/mol. The second-order valence-electron chi connectivity index (χ2n) is 7.81. The highest BCUT2D eigenvalue weighted by Crippen LogP contribution is 2.34. The van der Waals surface area contributed by atoms with Crippen molar-refractivity contribution in [2.75, 3.05) is 57.6 Å². The first-order chi connectivity index (χ1) is 16.1. The Morgan fingerprint density at radius 3 is 2.41 bits per heavy atom. The molecule has 1 saturated heterocycles. The van der Waals surface area contributed by atoms with Gasteiger partial charge in [-0.3, -0.25) is 4.79 Å². The van der Waals surface area contributed by atoms with Gasteiger partial charge in [-0.05, 0) is 18.2 Å². The second kappa shape index (κ2) is 9.68. The maximum atomic E-state index is 13.0. The number of methoxy groups -OCH3 is 2. The summed E-state index contributed by atoms with van der Waals surface area (Å²) in [4.78, 5) is 26.0. The first-order valence-corrected chi connectivity index (χ1v) is 10.7. The Hall–Kier alpha value is -3.66. The third-order valence-corrected chi connectivity index (χ3v) is 5.88. The highest BCUT2D eigenvalue weighted by molar-refractivity contribution is 5.91. The minimum atomic E-state index is -0.651. The fourth-order valence-corrected chi connectivity index (χ4v) is 4.08. The standard InChI is InChI=1S/C23H25N5O5.ClH/c1-30-18-11-14-15(12-19(18)31-2)25-23(26-21(14)24)28-9-7-27(8-10-28)22(29)20-13-32-16-5-3-4-6-17(16)33-20;/h3-6,11-12,20H,7-10,13H2,1-2H3,(H2,24,25,26);1H. The van der Waals surface area contributed by atoms with E-state index in [1.54, 1.807) is 37.3 Å². The zero-order valence-corrected chi connectivity index (χ0v) is 19.7. The number of fused-ring (bicyclic) bond motifs is 2. The number of carbonyl (C=O) groups excluding carboxylic acids is 1. The van der Waals surface area contributed by atoms with Crippen molar-refractivity contribution in [3.8, 4) is 23.0 Å². The molecule has 3 heterocycles. The minimum absolute atomic E-state index is 0. The van der Waals surface area contributed by atoms with E-state index in [1.165, 1.54) is 0 Å². The lowest BCUT2D eigenvalue weighted by Crippen LogP contribution is -2.54. The molecule has 180 valence electrons. The Kier molecular flexibility index (Phi) is 6.69. The van der Waals surface area contributed by atoms with E-state index in [0.29, 0.717) is 71.8 Å². The van der Waals surface area contributed by atoms with Gasteiger partial charge in [-0.15, -0.1) is 12.4 Å². The quantitative estimate of drug-likeness (QED) is 0.591. The summed E-state index contributed by atoms with van der Waals surface area (Å²) in [5.74, 6) is 3.18. The van der Waals surface area contributed by atoms with E-state index in [-0.39, 0.29) is 24.9 Å². The molecule has 1 unspecified atom stereocenters. The number of nitrogen functional groups attached to an aromatic ring is 1. The van der Waals surface area contributed by atoms with Crippen molar-refractivity contribution in [2.24, 2.45) is 0 Å². The van der Waals surface area contributed by atoms with Crippen LogP contribution in [0, 0.1) is 0 Å². The summed E-state index contributed by atoms with van der Waals surface area (Å²) in [7, 11) is 3.14. The van der Waals surface area contributed by atoms with Crippen LogP contribution in [-0.4, -0.2) is 73.9 Å². The molecule has 0 aliphatic carbocycles. The first kappa shape index (κ1) is 23.5. The molecule has 11 heteroatoms. The maximum Gasteiger partial charge on any atom is 0.267 e. The van der Waals surface area contributed by atoms with Gasteiger partial charge in [-0.25, -0.2) is 4.98 Å². The molecular weight excluding hydrogens is 462 g/mol. The molecule has 2 aliphatic rings. The van der Waals surface area contributed by atoms with Gasteiger partial charge in [0.2, 0.25) is 12.1 Å². The summed E-state index contributed by atoms with van der Waals surface area (Å²) >= 11 is 0. The lowest BCUT2D eigenvalue weighted by atomic mass is 10.2. The van der Waals surface area contributed by atoms with Gasteiger partial charge in [0.1, 0.15) is 12.4 Å². The van der Waals surface area contributed by atoms with Gasteiger partial charge in [-0.2, -0.15) is 4.98 Å². The second-order valence-corrected chi connectivity index (χ2v) is 7.81. The zero-order valence-electron chi connectivity index (χ0n) is 18.9. The smallest absolute Gasteiger partial charge is 0.267 e. The molecule has 1 atom stereocenters. The van der Waals surface area contributed by atoms with Gasteiger partial charge in [-0.1, -0.05) is 12.1 Å². The Morgan fingerprint density at radius 1 is 1.03 bits per heavy atom. The predicted octanol–water partition coefficient (Wildman–Crippen LogP) is 2.14. The molecule has 0 saturated carbocycles. The van der Waals surface area contributed by atoms with Gasteiger partial charge in [0.25, 0.3) is 5.91 Å². The fourth-order valence-electron chi connectivity index (χ4n) is 4.08. The van der Waals surface area contributed by atoms with Crippen LogP contribution in [0.5, 0.6) is 23.0 Å². The Bertz CT molecular complexity index is 1200. The van der Waals surface area contributed by atoms with Crippen molar-refractivity contribution in [2.45, 2.75) is 6.10 Å². The molecule has 0 spiro atoms. The van der Waals surface area contributed by atoms with Gasteiger partial charge in [0, 0.05) is 37.6 Å². The molecule has 1 aromatic heterocycles. The van der Waals surface area contributed by atoms with Crippen LogP contribution in [0.25, 0.3) is 10.9 Å². The lowest BCUT2D eigenvalue weighted by Gasteiger charge is -2.37. The highest BCUT2D eigenvalue weighted by Gasteiger charge is 2.33. The number of ether oxygens (including phenoxy) is 4. The van der Waals surface area contributed by atoms with Gasteiger partial charge in [0.15, 0.2) is 23.0 Å². The molecule has 2 aliphatic heterocycles. The average Bonchev–Trinajstić information content (AvgIpc) is 2.87. The van der Waals surface area contributed by atoms with Crippen LogP contribution < -0.4 is 29.6 Å². The number of carbonyl (C=O) groups is 1. The number of anilines is 2. The van der Waals surface area contributed by atoms with Crippen LogP contribution in [0.15, 0.2) is 36.4 Å². The number of para-hydroxylation sites is 2. The van der Waals surface area contributed by atoms with E-state index < -0.39 is 6.10 Å². The van der Waals surface area contributed by atoms with Crippen molar-refractivity contribution in [3.05, 3.63) is 36.4 Å². The van der Waals surface area contributed by atoms with E-state index in [0.717, 1.165) is 0 Å². The molecule has 34 heavy (non-hydrogen) atoms. The van der Waals surface area contributed by atoms with E-state index in [4.69, 9.17) is 24.7 Å². The number of benzene rings is 2. The molecular formula is C23H26ClN5O5. The number of halogens is 1. The number of hydrogen-bond acceptors (Lipinski definition) is 9. The number of aromatic nitrogens is 2.